The first-order valence-corrected chi connectivity index (χ1v) is 6.47. The molecule has 0 atom stereocenters. The zero-order valence-corrected chi connectivity index (χ0v) is 12.3. The van der Waals surface area contributed by atoms with Gasteiger partial charge in [0.05, 0.1) is 5.52 Å². The van der Waals surface area contributed by atoms with Crippen molar-refractivity contribution in [2.45, 2.75) is 40.0 Å². The van der Waals surface area contributed by atoms with E-state index < -0.39 is 0 Å². The number of amidine groups is 1. The Balaban J connectivity index is 2.88. The number of nitrogens with one attached hydrogen (secondary N) is 1. The molecule has 0 spiro atoms. The van der Waals surface area contributed by atoms with Crippen molar-refractivity contribution >= 4 is 16.7 Å². The summed E-state index contributed by atoms with van der Waals surface area (Å²) in [5, 5.41) is 8.75. The van der Waals surface area contributed by atoms with E-state index in [0.717, 1.165) is 22.2 Å². The minimum Gasteiger partial charge on any atom is -0.384 e. The van der Waals surface area contributed by atoms with Crippen molar-refractivity contribution in [2.24, 2.45) is 5.73 Å². The molecule has 0 aliphatic carbocycles. The fourth-order valence-corrected chi connectivity index (χ4v) is 2.09. The summed E-state index contributed by atoms with van der Waals surface area (Å²) >= 11 is 0. The fraction of sp³-hybridized carbons (Fsp3) is 0.375. The summed E-state index contributed by atoms with van der Waals surface area (Å²) in [5.41, 5.74) is 10.7. The molecule has 2 aromatic rings. The lowest BCUT2D eigenvalue weighted by molar-refractivity contribution is 0.571. The molecule has 0 saturated heterocycles. The van der Waals surface area contributed by atoms with Crippen LogP contribution in [0.25, 0.3) is 10.9 Å². The molecule has 100 valence electrons. The van der Waals surface area contributed by atoms with Crippen molar-refractivity contribution in [1.29, 1.82) is 5.41 Å². The Morgan fingerprint density at radius 1 is 1.11 bits per heavy atom. The lowest BCUT2D eigenvalue weighted by Gasteiger charge is -2.20. The highest BCUT2D eigenvalue weighted by atomic mass is 14.7. The van der Waals surface area contributed by atoms with E-state index in [1.807, 2.05) is 6.07 Å². The molecule has 3 nitrogen and oxygen atoms in total. The lowest BCUT2D eigenvalue weighted by Crippen LogP contribution is -2.18. The summed E-state index contributed by atoms with van der Waals surface area (Å²) in [5.74, 6) is 0.0983. The van der Waals surface area contributed by atoms with Gasteiger partial charge in [-0.1, -0.05) is 20.8 Å². The lowest BCUT2D eigenvalue weighted by atomic mass is 9.89. The molecule has 3 N–H and O–H groups in total. The van der Waals surface area contributed by atoms with Crippen LogP contribution in [-0.4, -0.2) is 10.8 Å². The maximum atomic E-state index is 7.79. The molecule has 0 fully saturated rings. The van der Waals surface area contributed by atoms with Crippen molar-refractivity contribution in [2.75, 3.05) is 0 Å². The normalized spacial score (nSPS) is 11.8. The van der Waals surface area contributed by atoms with Gasteiger partial charge in [-0.2, -0.15) is 0 Å². The predicted octanol–water partition coefficient (Wildman–Crippen LogP) is 3.43. The monoisotopic (exact) mass is 255 g/mol. The zero-order valence-electron chi connectivity index (χ0n) is 12.3. The highest BCUT2D eigenvalue weighted by Gasteiger charge is 2.19. The Kier molecular flexibility index (Phi) is 3.09. The molecule has 2 rings (SSSR count). The smallest absolute Gasteiger partial charge is 0.123 e. The van der Waals surface area contributed by atoms with Gasteiger partial charge in [-0.3, -0.25) is 10.4 Å². The van der Waals surface area contributed by atoms with Crippen LogP contribution in [0.4, 0.5) is 0 Å². The number of fused-ring (bicyclic) bond motifs is 1. The molecule has 0 unspecified atom stereocenters. The SMILES string of the molecule is Cc1cc2nc(C(C)(C)C)cc(C(=N)N)c2cc1C. The third-order valence-corrected chi connectivity index (χ3v) is 3.48. The molecule has 1 heterocycles. The number of hydrogen-bond acceptors (Lipinski definition) is 2. The maximum Gasteiger partial charge on any atom is 0.123 e. The van der Waals surface area contributed by atoms with Gasteiger partial charge in [-0.25, -0.2) is 0 Å². The summed E-state index contributed by atoms with van der Waals surface area (Å²) in [4.78, 5) is 4.74. The Bertz CT molecular complexity index is 664. The van der Waals surface area contributed by atoms with E-state index in [9.17, 15) is 0 Å². The molecule has 0 radical (unpaired) electrons. The summed E-state index contributed by atoms with van der Waals surface area (Å²) < 4.78 is 0. The number of nitrogens with zero attached hydrogens (tertiary/aromatic N) is 1. The van der Waals surface area contributed by atoms with Crippen LogP contribution in [0.15, 0.2) is 18.2 Å². The number of hydrogen-bond donors (Lipinski definition) is 2. The molecule has 0 bridgehead atoms. The van der Waals surface area contributed by atoms with Crippen LogP contribution in [-0.2, 0) is 5.41 Å². The van der Waals surface area contributed by atoms with Crippen LogP contribution in [0.2, 0.25) is 0 Å². The van der Waals surface area contributed by atoms with Gasteiger partial charge in [0.25, 0.3) is 0 Å². The first-order valence-electron chi connectivity index (χ1n) is 6.47. The van der Waals surface area contributed by atoms with Crippen LogP contribution in [0.3, 0.4) is 0 Å². The number of pyridine rings is 1. The quantitative estimate of drug-likeness (QED) is 0.605. The average Bonchev–Trinajstić information content (AvgIpc) is 2.27. The third kappa shape index (κ3) is 2.46. The number of rotatable bonds is 1. The first-order chi connectivity index (χ1) is 8.70. The fourth-order valence-electron chi connectivity index (χ4n) is 2.09. The predicted molar refractivity (Wildman–Crippen MR) is 80.9 cm³/mol. The Morgan fingerprint density at radius 2 is 1.68 bits per heavy atom. The topological polar surface area (TPSA) is 62.8 Å². The molecule has 0 aliphatic rings. The number of aryl methyl sites for hydroxylation is 2. The summed E-state index contributed by atoms with van der Waals surface area (Å²) in [6.45, 7) is 10.5. The van der Waals surface area contributed by atoms with Gasteiger partial charge in [-0.05, 0) is 43.2 Å². The van der Waals surface area contributed by atoms with E-state index >= 15 is 0 Å². The van der Waals surface area contributed by atoms with E-state index in [4.69, 9.17) is 16.1 Å². The van der Waals surface area contributed by atoms with Crippen molar-refractivity contribution in [3.05, 3.63) is 40.6 Å². The van der Waals surface area contributed by atoms with Gasteiger partial charge in [0.1, 0.15) is 5.84 Å². The van der Waals surface area contributed by atoms with Crippen LogP contribution in [0.5, 0.6) is 0 Å². The standard InChI is InChI=1S/C16H21N3/c1-9-6-11-12(15(17)18)8-14(16(3,4)5)19-13(11)7-10(9)2/h6-8H,1-5H3,(H3,17,18). The highest BCUT2D eigenvalue weighted by molar-refractivity contribution is 6.07. The maximum absolute atomic E-state index is 7.79. The summed E-state index contributed by atoms with van der Waals surface area (Å²) in [7, 11) is 0. The molecule has 0 aliphatic heterocycles. The van der Waals surface area contributed by atoms with Crippen molar-refractivity contribution in [3.63, 3.8) is 0 Å². The molecular weight excluding hydrogens is 234 g/mol. The van der Waals surface area contributed by atoms with Gasteiger partial charge in [0.15, 0.2) is 0 Å². The molecule has 0 amide bonds. The second-order valence-electron chi connectivity index (χ2n) is 6.17. The van der Waals surface area contributed by atoms with Gasteiger partial charge in [0.2, 0.25) is 0 Å². The van der Waals surface area contributed by atoms with Crippen molar-refractivity contribution in [3.8, 4) is 0 Å². The van der Waals surface area contributed by atoms with Gasteiger partial charge in [0, 0.05) is 22.1 Å². The molecule has 1 aromatic heterocycles. The number of aromatic nitrogens is 1. The highest BCUT2D eigenvalue weighted by Crippen LogP contribution is 2.27. The number of benzene rings is 1. The van der Waals surface area contributed by atoms with Crippen molar-refractivity contribution < 1.29 is 0 Å². The molecule has 19 heavy (non-hydrogen) atoms. The summed E-state index contributed by atoms with van der Waals surface area (Å²) in [6.07, 6.45) is 0. The van der Waals surface area contributed by atoms with Crippen molar-refractivity contribution in [1.82, 2.24) is 4.98 Å². The van der Waals surface area contributed by atoms with Crippen LogP contribution in [0.1, 0.15) is 43.2 Å². The second-order valence-corrected chi connectivity index (χ2v) is 6.17. The molecule has 0 saturated carbocycles. The van der Waals surface area contributed by atoms with Gasteiger partial charge in [-0.15, -0.1) is 0 Å². The van der Waals surface area contributed by atoms with Crippen LogP contribution in [0, 0.1) is 19.3 Å². The number of nitrogen functional groups attached to an aromatic ring is 1. The zero-order chi connectivity index (χ0) is 14.4. The van der Waals surface area contributed by atoms with E-state index in [1.165, 1.54) is 11.1 Å². The minimum absolute atomic E-state index is 0.0584. The third-order valence-electron chi connectivity index (χ3n) is 3.48. The average molecular weight is 255 g/mol. The molecule has 1 aromatic carbocycles. The number of nitrogens with two attached hydrogens (primary N) is 1. The first kappa shape index (κ1) is 13.5. The Morgan fingerprint density at radius 3 is 2.21 bits per heavy atom. The largest absolute Gasteiger partial charge is 0.384 e. The van der Waals surface area contributed by atoms with E-state index in [-0.39, 0.29) is 11.3 Å². The van der Waals surface area contributed by atoms with E-state index in [0.29, 0.717) is 0 Å². The minimum atomic E-state index is -0.0584. The Labute approximate surface area is 114 Å². The van der Waals surface area contributed by atoms with Gasteiger partial charge >= 0.3 is 0 Å². The molecule has 3 heteroatoms. The summed E-state index contributed by atoms with van der Waals surface area (Å²) in [6, 6.07) is 6.09. The Hall–Kier alpha value is -1.90. The van der Waals surface area contributed by atoms with Crippen LogP contribution >= 0.6 is 0 Å². The van der Waals surface area contributed by atoms with E-state index in [1.54, 1.807) is 0 Å². The van der Waals surface area contributed by atoms with E-state index in [2.05, 4.69) is 46.8 Å². The molecular formula is C16H21N3. The van der Waals surface area contributed by atoms with Crippen LogP contribution < -0.4 is 5.73 Å². The van der Waals surface area contributed by atoms with Gasteiger partial charge < -0.3 is 5.73 Å². The second kappa shape index (κ2) is 4.34.